The summed E-state index contributed by atoms with van der Waals surface area (Å²) in [6.45, 7) is 7.32. The molecule has 0 fully saturated rings. The third kappa shape index (κ3) is 5.01. The summed E-state index contributed by atoms with van der Waals surface area (Å²) in [7, 11) is 0. The maximum Gasteiger partial charge on any atom is 0.255 e. The number of nitrogens with zero attached hydrogens (tertiary/aromatic N) is 1. The average Bonchev–Trinajstić information content (AvgIpc) is 3.00. The highest BCUT2D eigenvalue weighted by Gasteiger charge is 2.12. The molecule has 0 aliphatic heterocycles. The van der Waals surface area contributed by atoms with Gasteiger partial charge in [-0.1, -0.05) is 17.3 Å². The molecule has 0 aliphatic rings. The first kappa shape index (κ1) is 20.1. The van der Waals surface area contributed by atoms with Gasteiger partial charge in [-0.2, -0.15) is 0 Å². The lowest BCUT2D eigenvalue weighted by Crippen LogP contribution is -2.14. The van der Waals surface area contributed by atoms with Crippen molar-refractivity contribution in [1.82, 2.24) is 5.16 Å². The van der Waals surface area contributed by atoms with E-state index in [2.05, 4.69) is 15.8 Å². The number of anilines is 2. The summed E-state index contributed by atoms with van der Waals surface area (Å²) in [5.74, 6) is 0.845. The third-order valence-electron chi connectivity index (χ3n) is 4.47. The number of carbonyl (C=O) groups excluding carboxylic acids is 2. The summed E-state index contributed by atoms with van der Waals surface area (Å²) >= 11 is 0. The molecule has 0 aliphatic carbocycles. The molecule has 150 valence electrons. The van der Waals surface area contributed by atoms with Gasteiger partial charge in [-0.25, -0.2) is 0 Å². The van der Waals surface area contributed by atoms with E-state index in [-0.39, 0.29) is 11.8 Å². The molecule has 0 saturated carbocycles. The van der Waals surface area contributed by atoms with Gasteiger partial charge in [-0.3, -0.25) is 9.59 Å². The van der Waals surface area contributed by atoms with Crippen LogP contribution in [0.3, 0.4) is 0 Å². The zero-order chi connectivity index (χ0) is 21.0. The van der Waals surface area contributed by atoms with Gasteiger partial charge in [0, 0.05) is 23.9 Å². The maximum atomic E-state index is 12.7. The fourth-order valence-electron chi connectivity index (χ4n) is 2.82. The molecule has 1 aromatic heterocycles. The van der Waals surface area contributed by atoms with Crippen LogP contribution in [0.5, 0.6) is 5.75 Å². The number of carbonyl (C=O) groups is 2. The van der Waals surface area contributed by atoms with E-state index in [9.17, 15) is 9.59 Å². The summed E-state index contributed by atoms with van der Waals surface area (Å²) < 4.78 is 10.9. The quantitative estimate of drug-likeness (QED) is 0.648. The van der Waals surface area contributed by atoms with E-state index in [4.69, 9.17) is 9.26 Å². The van der Waals surface area contributed by atoms with Crippen molar-refractivity contribution < 1.29 is 18.8 Å². The summed E-state index contributed by atoms with van der Waals surface area (Å²) in [6, 6.07) is 12.3. The summed E-state index contributed by atoms with van der Waals surface area (Å²) in [4.78, 5) is 24.0. The van der Waals surface area contributed by atoms with Crippen molar-refractivity contribution in [2.24, 2.45) is 0 Å². The van der Waals surface area contributed by atoms with E-state index in [1.807, 2.05) is 26.8 Å². The lowest BCUT2D eigenvalue weighted by Gasteiger charge is -2.12. The average molecular weight is 393 g/mol. The number of amides is 2. The number of hydrogen-bond donors (Lipinski definition) is 2. The molecule has 0 bridgehead atoms. The molecule has 29 heavy (non-hydrogen) atoms. The van der Waals surface area contributed by atoms with Gasteiger partial charge in [0.25, 0.3) is 5.91 Å². The highest BCUT2D eigenvalue weighted by Crippen LogP contribution is 2.23. The molecule has 0 unspecified atom stereocenters. The first-order chi connectivity index (χ1) is 13.8. The number of hydrogen-bond acceptors (Lipinski definition) is 5. The Hall–Kier alpha value is -3.61. The smallest absolute Gasteiger partial charge is 0.255 e. The van der Waals surface area contributed by atoms with Crippen LogP contribution in [0.2, 0.25) is 0 Å². The predicted molar refractivity (Wildman–Crippen MR) is 110 cm³/mol. The Morgan fingerprint density at radius 2 is 1.86 bits per heavy atom. The molecule has 3 rings (SSSR count). The predicted octanol–water partition coefficient (Wildman–Crippen LogP) is 4.39. The fraction of sp³-hybridized carbons (Fsp3) is 0.227. The Labute approximate surface area is 169 Å². The Morgan fingerprint density at radius 1 is 1.07 bits per heavy atom. The number of benzene rings is 2. The topological polar surface area (TPSA) is 93.5 Å². The Morgan fingerprint density at radius 3 is 2.55 bits per heavy atom. The molecule has 2 aromatic carbocycles. The van der Waals surface area contributed by atoms with Crippen molar-refractivity contribution in [3.05, 3.63) is 70.6 Å². The van der Waals surface area contributed by atoms with Gasteiger partial charge in [0.05, 0.1) is 11.3 Å². The van der Waals surface area contributed by atoms with Gasteiger partial charge >= 0.3 is 0 Å². The van der Waals surface area contributed by atoms with Crippen LogP contribution in [0.1, 0.15) is 39.9 Å². The van der Waals surface area contributed by atoms with Crippen LogP contribution in [-0.4, -0.2) is 17.0 Å². The summed E-state index contributed by atoms with van der Waals surface area (Å²) in [5.41, 5.74) is 4.28. The molecule has 1 heterocycles. The van der Waals surface area contributed by atoms with Crippen LogP contribution in [0, 0.1) is 20.8 Å². The summed E-state index contributed by atoms with van der Waals surface area (Å²) in [5, 5.41) is 9.50. The van der Waals surface area contributed by atoms with E-state index in [0.29, 0.717) is 35.1 Å². The standard InChI is InChI=1S/C22H23N3O4/c1-13-8-9-18(23-16(4)26)11-21(13)24-22(27)17-6-5-7-19(10-17)28-12-20-14(2)25-29-15(20)3/h5-11H,12H2,1-4H3,(H,23,26)(H,24,27). The Balaban J connectivity index is 1.72. The molecule has 0 saturated heterocycles. The minimum atomic E-state index is -0.268. The monoisotopic (exact) mass is 393 g/mol. The Kier molecular flexibility index (Phi) is 5.97. The van der Waals surface area contributed by atoms with Crippen LogP contribution in [0.4, 0.5) is 11.4 Å². The highest BCUT2D eigenvalue weighted by molar-refractivity contribution is 6.05. The number of aromatic nitrogens is 1. The zero-order valence-corrected chi connectivity index (χ0v) is 16.8. The number of rotatable bonds is 6. The highest BCUT2D eigenvalue weighted by atomic mass is 16.5. The maximum absolute atomic E-state index is 12.7. The van der Waals surface area contributed by atoms with E-state index >= 15 is 0 Å². The molecule has 7 nitrogen and oxygen atoms in total. The normalized spacial score (nSPS) is 10.5. The Bertz CT molecular complexity index is 1040. The number of aryl methyl sites for hydroxylation is 3. The zero-order valence-electron chi connectivity index (χ0n) is 16.8. The van der Waals surface area contributed by atoms with E-state index in [1.54, 1.807) is 36.4 Å². The molecule has 7 heteroatoms. The van der Waals surface area contributed by atoms with Crippen molar-refractivity contribution in [3.63, 3.8) is 0 Å². The lowest BCUT2D eigenvalue weighted by atomic mass is 10.1. The van der Waals surface area contributed by atoms with Crippen molar-refractivity contribution in [1.29, 1.82) is 0 Å². The van der Waals surface area contributed by atoms with Crippen molar-refractivity contribution in [2.75, 3.05) is 10.6 Å². The van der Waals surface area contributed by atoms with Crippen LogP contribution < -0.4 is 15.4 Å². The lowest BCUT2D eigenvalue weighted by molar-refractivity contribution is -0.114. The van der Waals surface area contributed by atoms with E-state index < -0.39 is 0 Å². The van der Waals surface area contributed by atoms with Crippen LogP contribution in [0.15, 0.2) is 47.0 Å². The molecule has 0 spiro atoms. The van der Waals surface area contributed by atoms with Gasteiger partial charge in [0.15, 0.2) is 0 Å². The second-order valence-electron chi connectivity index (χ2n) is 6.78. The SMILES string of the molecule is CC(=O)Nc1ccc(C)c(NC(=O)c2cccc(OCc3c(C)noc3C)c2)c1. The fourth-order valence-corrected chi connectivity index (χ4v) is 2.82. The van der Waals surface area contributed by atoms with Gasteiger partial charge < -0.3 is 19.9 Å². The van der Waals surface area contributed by atoms with Crippen LogP contribution in [-0.2, 0) is 11.4 Å². The first-order valence-corrected chi connectivity index (χ1v) is 9.17. The second-order valence-corrected chi connectivity index (χ2v) is 6.78. The molecule has 2 N–H and O–H groups in total. The van der Waals surface area contributed by atoms with Gasteiger partial charge in [0.2, 0.25) is 5.91 Å². The second kappa shape index (κ2) is 8.60. The van der Waals surface area contributed by atoms with E-state index in [1.165, 1.54) is 6.92 Å². The van der Waals surface area contributed by atoms with Crippen molar-refractivity contribution in [2.45, 2.75) is 34.3 Å². The van der Waals surface area contributed by atoms with Gasteiger partial charge in [-0.05, 0) is 56.7 Å². The molecular weight excluding hydrogens is 370 g/mol. The minimum absolute atomic E-state index is 0.172. The molecule has 0 radical (unpaired) electrons. The van der Waals surface area contributed by atoms with Crippen LogP contribution in [0.25, 0.3) is 0 Å². The number of nitrogens with one attached hydrogen (secondary N) is 2. The molecule has 2 amide bonds. The molecular formula is C22H23N3O4. The van der Waals surface area contributed by atoms with Gasteiger partial charge in [-0.15, -0.1) is 0 Å². The van der Waals surface area contributed by atoms with Crippen molar-refractivity contribution >= 4 is 23.2 Å². The van der Waals surface area contributed by atoms with Gasteiger partial charge in [0.1, 0.15) is 18.1 Å². The summed E-state index contributed by atoms with van der Waals surface area (Å²) in [6.07, 6.45) is 0. The first-order valence-electron chi connectivity index (χ1n) is 9.17. The largest absolute Gasteiger partial charge is 0.489 e. The van der Waals surface area contributed by atoms with Crippen molar-refractivity contribution in [3.8, 4) is 5.75 Å². The van der Waals surface area contributed by atoms with E-state index in [0.717, 1.165) is 16.8 Å². The number of ether oxygens (including phenoxy) is 1. The molecule has 0 atom stereocenters. The third-order valence-corrected chi connectivity index (χ3v) is 4.47. The molecule has 3 aromatic rings. The van der Waals surface area contributed by atoms with Crippen LogP contribution >= 0.6 is 0 Å². The minimum Gasteiger partial charge on any atom is -0.489 e.